The number of phenolic OH excluding ortho intramolecular Hbond substituents is 1. The summed E-state index contributed by atoms with van der Waals surface area (Å²) >= 11 is 9.90. The number of carbonyl (C=O) groups excluding carboxylic acids is 7. The Kier molecular flexibility index (Phi) is 9.51. The highest BCUT2D eigenvalue weighted by molar-refractivity contribution is 9.10. The van der Waals surface area contributed by atoms with Crippen molar-refractivity contribution in [3.8, 4) is 5.75 Å². The maximum atomic E-state index is 14.2. The van der Waals surface area contributed by atoms with Gasteiger partial charge in [0, 0.05) is 26.4 Å². The molecule has 0 aliphatic heterocycles. The van der Waals surface area contributed by atoms with Gasteiger partial charge < -0.3 is 30.9 Å². The number of benzene rings is 1. The molecule has 5 unspecified atom stereocenters. The molecule has 2 amide bonds. The van der Waals surface area contributed by atoms with Crippen molar-refractivity contribution in [1.82, 2.24) is 4.90 Å². The van der Waals surface area contributed by atoms with Gasteiger partial charge >= 0.3 is 5.97 Å². The van der Waals surface area contributed by atoms with E-state index in [1.54, 1.807) is 19.0 Å². The zero-order valence-corrected chi connectivity index (χ0v) is 27.5. The molecule has 244 valence electrons. The summed E-state index contributed by atoms with van der Waals surface area (Å²) in [5.41, 5.74) is 2.38. The number of phenols is 1. The van der Waals surface area contributed by atoms with Gasteiger partial charge in [-0.05, 0) is 44.8 Å². The number of anilines is 2. The molecule has 7 atom stereocenters. The SMILES string of the molecule is COC(=O)CCC(Br)C(=O)Nc1c(O)c2c(c(N(C)C)c1Cl)CC1CC3[C@H](N(C)C)C(=O)C(C(N)=O)C(=O)[C@@]3(O)C(=O)C1C2=O. The summed E-state index contributed by atoms with van der Waals surface area (Å²) < 4.78 is 4.59. The van der Waals surface area contributed by atoms with Gasteiger partial charge in [-0.1, -0.05) is 27.5 Å². The summed E-state index contributed by atoms with van der Waals surface area (Å²) in [5.74, 6) is -13.4. The number of carbonyl (C=O) groups is 7. The van der Waals surface area contributed by atoms with Crippen LogP contribution in [0.1, 0.15) is 35.2 Å². The number of nitrogens with two attached hydrogens (primary N) is 1. The van der Waals surface area contributed by atoms with E-state index in [0.29, 0.717) is 0 Å². The molecule has 14 nitrogen and oxygen atoms in total. The minimum absolute atomic E-state index is 0.0128. The number of aromatic hydroxyl groups is 1. The van der Waals surface area contributed by atoms with Crippen molar-refractivity contribution in [1.29, 1.82) is 0 Å². The van der Waals surface area contributed by atoms with Crippen molar-refractivity contribution in [2.24, 2.45) is 29.4 Å². The Labute approximate surface area is 271 Å². The van der Waals surface area contributed by atoms with Gasteiger partial charge in [0.2, 0.25) is 11.8 Å². The van der Waals surface area contributed by atoms with E-state index in [1.807, 2.05) is 0 Å². The zero-order valence-electron chi connectivity index (χ0n) is 25.2. The number of hydrogen-bond acceptors (Lipinski definition) is 12. The zero-order chi connectivity index (χ0) is 33.9. The number of fused-ring (bicyclic) bond motifs is 3. The first-order valence-corrected chi connectivity index (χ1v) is 15.3. The molecule has 5 N–H and O–H groups in total. The summed E-state index contributed by atoms with van der Waals surface area (Å²) in [6, 6.07) is -1.23. The van der Waals surface area contributed by atoms with Gasteiger partial charge in [0.25, 0.3) is 0 Å². The second kappa shape index (κ2) is 12.4. The Hall–Kier alpha value is -3.40. The van der Waals surface area contributed by atoms with Crippen molar-refractivity contribution < 1.29 is 48.5 Å². The smallest absolute Gasteiger partial charge is 0.305 e. The molecule has 0 radical (unpaired) electrons. The average Bonchev–Trinajstić information content (AvgIpc) is 2.94. The lowest BCUT2D eigenvalue weighted by molar-refractivity contribution is -0.181. The molecule has 2 saturated carbocycles. The molecule has 0 aromatic heterocycles. The number of primary amides is 1. The van der Waals surface area contributed by atoms with Crippen LogP contribution in [0.5, 0.6) is 5.75 Å². The van der Waals surface area contributed by atoms with Crippen LogP contribution < -0.4 is 16.0 Å². The van der Waals surface area contributed by atoms with E-state index in [4.69, 9.17) is 17.3 Å². The quantitative estimate of drug-likeness (QED) is 0.124. The highest BCUT2D eigenvalue weighted by Crippen LogP contribution is 2.54. The number of methoxy groups -OCH3 is 1. The summed E-state index contributed by atoms with van der Waals surface area (Å²) in [5, 5.41) is 25.5. The van der Waals surface area contributed by atoms with E-state index in [0.717, 1.165) is 0 Å². The van der Waals surface area contributed by atoms with Crippen LogP contribution in [0.2, 0.25) is 5.02 Å². The predicted molar refractivity (Wildman–Crippen MR) is 163 cm³/mol. The lowest BCUT2D eigenvalue weighted by Crippen LogP contribution is -2.74. The number of nitrogens with one attached hydrogen (secondary N) is 1. The Morgan fingerprint density at radius 1 is 1.16 bits per heavy atom. The van der Waals surface area contributed by atoms with Crippen LogP contribution in [-0.2, 0) is 39.9 Å². The van der Waals surface area contributed by atoms with Gasteiger partial charge in [-0.25, -0.2) is 0 Å². The first-order chi connectivity index (χ1) is 20.9. The molecule has 45 heavy (non-hydrogen) atoms. The monoisotopic (exact) mass is 712 g/mol. The van der Waals surface area contributed by atoms with E-state index in [2.05, 4.69) is 26.0 Å². The van der Waals surface area contributed by atoms with E-state index in [1.165, 1.54) is 26.1 Å². The average molecular weight is 714 g/mol. The Morgan fingerprint density at radius 3 is 2.31 bits per heavy atom. The standard InChI is InChI=1S/C29H34BrClN4O10/c1-34(2)20-11-8-10-9-12-21(35(3)4)24(39)17(27(32)42)26(41)29(12,44)25(40)15(10)22(37)16(11)23(38)19(18(20)31)33-28(43)13(30)6-7-14(36)45-5/h10,12-13,15,17,21,38,44H,6-9H2,1-5H3,(H2,32,42)(H,33,43)/t10?,12?,13?,15?,17?,21-,29-/m0/s1. The van der Waals surface area contributed by atoms with Crippen LogP contribution in [0, 0.1) is 23.7 Å². The largest absolute Gasteiger partial charge is 0.505 e. The number of ether oxygens (including phenoxy) is 1. The maximum absolute atomic E-state index is 14.2. The minimum atomic E-state index is -2.87. The Bertz CT molecular complexity index is 1530. The second-order valence-electron chi connectivity index (χ2n) is 12.0. The van der Waals surface area contributed by atoms with Gasteiger partial charge in [0.1, 0.15) is 5.69 Å². The number of alkyl halides is 1. The van der Waals surface area contributed by atoms with Crippen molar-refractivity contribution in [2.45, 2.75) is 42.2 Å². The van der Waals surface area contributed by atoms with Gasteiger partial charge in [-0.3, -0.25) is 38.5 Å². The number of Topliss-reactive ketones (excluding diaryl/α,β-unsaturated/α-hetero) is 4. The number of halogens is 2. The van der Waals surface area contributed by atoms with Crippen LogP contribution in [0.3, 0.4) is 0 Å². The summed E-state index contributed by atoms with van der Waals surface area (Å²) in [6.45, 7) is 0. The number of nitrogens with zero attached hydrogens (tertiary/aromatic N) is 2. The van der Waals surface area contributed by atoms with Crippen molar-refractivity contribution in [3.63, 3.8) is 0 Å². The number of esters is 1. The van der Waals surface area contributed by atoms with Crippen LogP contribution in [0.25, 0.3) is 0 Å². The minimum Gasteiger partial charge on any atom is -0.505 e. The van der Waals surface area contributed by atoms with Gasteiger partial charge in [-0.15, -0.1) is 0 Å². The lowest BCUT2D eigenvalue weighted by Gasteiger charge is -2.52. The normalized spacial score (nSPS) is 28.2. The summed E-state index contributed by atoms with van der Waals surface area (Å²) in [4.78, 5) is 93.7. The maximum Gasteiger partial charge on any atom is 0.305 e. The number of amides is 2. The Morgan fingerprint density at radius 2 is 1.78 bits per heavy atom. The first-order valence-electron chi connectivity index (χ1n) is 14.0. The lowest BCUT2D eigenvalue weighted by atomic mass is 9.52. The number of hydrogen-bond donors (Lipinski definition) is 4. The fourth-order valence-corrected chi connectivity index (χ4v) is 7.71. The van der Waals surface area contributed by atoms with Crippen molar-refractivity contribution >= 4 is 79.8 Å². The fraction of sp³-hybridized carbons (Fsp3) is 0.552. The molecule has 0 heterocycles. The topological polar surface area (TPSA) is 214 Å². The highest BCUT2D eigenvalue weighted by atomic mass is 79.9. The molecule has 1 aromatic carbocycles. The molecule has 0 saturated heterocycles. The number of ketones is 4. The summed E-state index contributed by atoms with van der Waals surface area (Å²) in [6.07, 6.45) is -0.188. The third-order valence-corrected chi connectivity index (χ3v) is 10.2. The van der Waals surface area contributed by atoms with Gasteiger partial charge in [0.05, 0.1) is 40.2 Å². The Balaban J connectivity index is 1.82. The van der Waals surface area contributed by atoms with Crippen LogP contribution in [0.15, 0.2) is 0 Å². The van der Waals surface area contributed by atoms with E-state index in [9.17, 15) is 43.8 Å². The molecule has 3 aliphatic rings. The van der Waals surface area contributed by atoms with Crippen LogP contribution in [-0.4, -0.2) is 108 Å². The van der Waals surface area contributed by atoms with Crippen molar-refractivity contribution in [3.05, 3.63) is 16.1 Å². The number of likely N-dealkylation sites (N-methyl/N-ethyl adjacent to an activating group) is 1. The van der Waals surface area contributed by atoms with E-state index >= 15 is 0 Å². The van der Waals surface area contributed by atoms with Crippen molar-refractivity contribution in [2.75, 3.05) is 45.5 Å². The molecule has 0 spiro atoms. The molecule has 0 bridgehead atoms. The molecule has 4 rings (SSSR count). The molecular weight excluding hydrogens is 680 g/mol. The molecular formula is C29H34BrClN4O10. The van der Waals surface area contributed by atoms with Crippen LogP contribution in [0.4, 0.5) is 11.4 Å². The summed E-state index contributed by atoms with van der Waals surface area (Å²) in [7, 11) is 7.45. The van der Waals surface area contributed by atoms with E-state index < -0.39 is 86.8 Å². The molecule has 3 aliphatic carbocycles. The van der Waals surface area contributed by atoms with Gasteiger partial charge in [-0.2, -0.15) is 0 Å². The molecule has 1 aromatic rings. The number of rotatable bonds is 8. The van der Waals surface area contributed by atoms with Gasteiger partial charge in [0.15, 0.2) is 40.4 Å². The first kappa shape index (κ1) is 34.5. The predicted octanol–water partition coefficient (Wildman–Crippen LogP) is 0.242. The third kappa shape index (κ3) is 5.42. The van der Waals surface area contributed by atoms with E-state index in [-0.39, 0.29) is 53.2 Å². The second-order valence-corrected chi connectivity index (χ2v) is 13.5. The molecule has 2 fully saturated rings. The third-order valence-electron chi connectivity index (χ3n) is 8.95. The van der Waals surface area contributed by atoms with Crippen LogP contribution >= 0.6 is 27.5 Å². The molecule has 16 heteroatoms. The highest BCUT2D eigenvalue weighted by Gasteiger charge is 2.69. The fourth-order valence-electron chi connectivity index (χ4n) is 6.95. The number of aliphatic hydroxyl groups is 1.